The van der Waals surface area contributed by atoms with Crippen LogP contribution in [0.5, 0.6) is 0 Å². The number of nitrogens with one attached hydrogen (secondary N) is 1. The van der Waals surface area contributed by atoms with Gasteiger partial charge in [-0.05, 0) is 41.4 Å². The molecule has 0 atom stereocenters. The minimum atomic E-state index is -0.385. The highest BCUT2D eigenvalue weighted by Crippen LogP contribution is 2.25. The predicted molar refractivity (Wildman–Crippen MR) is 71.9 cm³/mol. The van der Waals surface area contributed by atoms with E-state index in [0.717, 1.165) is 12.1 Å². The quantitative estimate of drug-likeness (QED) is 0.392. The Morgan fingerprint density at radius 2 is 2.24 bits per heavy atom. The third-order valence-electron chi connectivity index (χ3n) is 2.19. The zero-order chi connectivity index (χ0) is 12.8. The van der Waals surface area contributed by atoms with E-state index in [4.69, 9.17) is 0 Å². The van der Waals surface area contributed by atoms with E-state index in [2.05, 4.69) is 27.3 Å². The first-order chi connectivity index (χ1) is 8.00. The first-order valence-corrected chi connectivity index (χ1v) is 6.07. The van der Waals surface area contributed by atoms with E-state index in [0.29, 0.717) is 11.0 Å². The Morgan fingerprint density at radius 1 is 1.53 bits per heavy atom. The smallest absolute Gasteiger partial charge is 0.283 e. The zero-order valence-corrected chi connectivity index (χ0v) is 11.5. The molecule has 0 aliphatic heterocycles. The molecule has 92 valence electrons. The standard InChI is InChI=1S/C12H15BrN2O2/c1-9(2)5-6-14-8-10-3-4-11(13)12(7-10)15(16)17/h3-5,7,14H,6,8H2,1-2H3. The van der Waals surface area contributed by atoms with Gasteiger partial charge < -0.3 is 5.32 Å². The SMILES string of the molecule is CC(C)=CCNCc1ccc(Br)c([N+](=O)[O-])c1. The summed E-state index contributed by atoms with van der Waals surface area (Å²) in [5.74, 6) is 0. The van der Waals surface area contributed by atoms with E-state index in [1.54, 1.807) is 12.1 Å². The Labute approximate surface area is 109 Å². The fraction of sp³-hybridized carbons (Fsp3) is 0.333. The molecule has 4 nitrogen and oxygen atoms in total. The van der Waals surface area contributed by atoms with Gasteiger partial charge in [0.2, 0.25) is 0 Å². The van der Waals surface area contributed by atoms with Crippen LogP contribution in [0.1, 0.15) is 19.4 Å². The van der Waals surface area contributed by atoms with Gasteiger partial charge >= 0.3 is 0 Å². The van der Waals surface area contributed by atoms with Crippen LogP contribution in [0, 0.1) is 10.1 Å². The van der Waals surface area contributed by atoms with Crippen LogP contribution in [0.4, 0.5) is 5.69 Å². The maximum atomic E-state index is 10.7. The molecule has 0 saturated carbocycles. The number of hydrogen-bond acceptors (Lipinski definition) is 3. The monoisotopic (exact) mass is 298 g/mol. The second-order valence-corrected chi connectivity index (χ2v) is 4.81. The van der Waals surface area contributed by atoms with Crippen LogP contribution in [-0.2, 0) is 6.54 Å². The van der Waals surface area contributed by atoms with Crippen molar-refractivity contribution in [2.24, 2.45) is 0 Å². The Bertz CT molecular complexity index is 440. The lowest BCUT2D eigenvalue weighted by molar-refractivity contribution is -0.385. The highest BCUT2D eigenvalue weighted by Gasteiger charge is 2.11. The summed E-state index contributed by atoms with van der Waals surface area (Å²) >= 11 is 3.16. The molecule has 1 N–H and O–H groups in total. The molecule has 0 spiro atoms. The van der Waals surface area contributed by atoms with Gasteiger partial charge in [0.15, 0.2) is 0 Å². The molecule has 0 radical (unpaired) electrons. The minimum absolute atomic E-state index is 0.103. The number of rotatable bonds is 5. The minimum Gasteiger partial charge on any atom is -0.309 e. The fourth-order valence-electron chi connectivity index (χ4n) is 1.30. The summed E-state index contributed by atoms with van der Waals surface area (Å²) in [6, 6.07) is 5.16. The van der Waals surface area contributed by atoms with E-state index in [9.17, 15) is 10.1 Å². The Morgan fingerprint density at radius 3 is 2.82 bits per heavy atom. The third kappa shape index (κ3) is 4.66. The van der Waals surface area contributed by atoms with E-state index >= 15 is 0 Å². The molecule has 0 aromatic heterocycles. The van der Waals surface area contributed by atoms with Crippen LogP contribution in [0.15, 0.2) is 34.3 Å². The molecular weight excluding hydrogens is 284 g/mol. The highest BCUT2D eigenvalue weighted by atomic mass is 79.9. The molecule has 0 unspecified atom stereocenters. The van der Waals surface area contributed by atoms with Gasteiger partial charge in [-0.25, -0.2) is 0 Å². The first kappa shape index (κ1) is 13.9. The summed E-state index contributed by atoms with van der Waals surface area (Å²) in [6.45, 7) is 5.46. The molecule has 1 aromatic carbocycles. The Hall–Kier alpha value is -1.20. The van der Waals surface area contributed by atoms with Crippen LogP contribution < -0.4 is 5.32 Å². The number of allylic oxidation sites excluding steroid dienone is 1. The molecule has 0 fully saturated rings. The van der Waals surface area contributed by atoms with E-state index < -0.39 is 0 Å². The molecule has 0 heterocycles. The van der Waals surface area contributed by atoms with Gasteiger partial charge in [0.25, 0.3) is 5.69 Å². The molecule has 0 bridgehead atoms. The average molecular weight is 299 g/mol. The maximum Gasteiger partial charge on any atom is 0.283 e. The van der Waals surface area contributed by atoms with Crippen molar-refractivity contribution in [3.8, 4) is 0 Å². The molecule has 5 heteroatoms. The summed E-state index contributed by atoms with van der Waals surface area (Å²) < 4.78 is 0.510. The fourth-order valence-corrected chi connectivity index (χ4v) is 1.69. The second kappa shape index (κ2) is 6.51. The predicted octanol–water partition coefficient (Wildman–Crippen LogP) is 3.41. The van der Waals surface area contributed by atoms with Crippen molar-refractivity contribution in [1.29, 1.82) is 0 Å². The lowest BCUT2D eigenvalue weighted by Crippen LogP contribution is -2.13. The number of hydrogen-bond donors (Lipinski definition) is 1. The van der Waals surface area contributed by atoms with Gasteiger partial charge in [-0.2, -0.15) is 0 Å². The van der Waals surface area contributed by atoms with Crippen molar-refractivity contribution < 1.29 is 4.92 Å². The second-order valence-electron chi connectivity index (χ2n) is 3.96. The van der Waals surface area contributed by atoms with Crippen LogP contribution in [0.3, 0.4) is 0 Å². The lowest BCUT2D eigenvalue weighted by Gasteiger charge is -2.03. The van der Waals surface area contributed by atoms with Crippen molar-refractivity contribution in [1.82, 2.24) is 5.32 Å². The molecule has 0 amide bonds. The number of nitro benzene ring substituents is 1. The largest absolute Gasteiger partial charge is 0.309 e. The van der Waals surface area contributed by atoms with Gasteiger partial charge in [0.05, 0.1) is 9.40 Å². The number of nitrogens with zero attached hydrogens (tertiary/aromatic N) is 1. The molecule has 1 rings (SSSR count). The van der Waals surface area contributed by atoms with E-state index in [-0.39, 0.29) is 10.6 Å². The molecule has 0 aliphatic rings. The third-order valence-corrected chi connectivity index (χ3v) is 2.86. The number of halogens is 1. The molecule has 0 aliphatic carbocycles. The van der Waals surface area contributed by atoms with Crippen LogP contribution in [-0.4, -0.2) is 11.5 Å². The average Bonchev–Trinajstić information content (AvgIpc) is 2.25. The van der Waals surface area contributed by atoms with E-state index in [1.165, 1.54) is 5.57 Å². The maximum absolute atomic E-state index is 10.7. The van der Waals surface area contributed by atoms with E-state index in [1.807, 2.05) is 19.9 Å². The van der Waals surface area contributed by atoms with Crippen molar-refractivity contribution >= 4 is 21.6 Å². The topological polar surface area (TPSA) is 55.2 Å². The van der Waals surface area contributed by atoms with Crippen molar-refractivity contribution in [2.45, 2.75) is 20.4 Å². The summed E-state index contributed by atoms with van der Waals surface area (Å²) in [5.41, 5.74) is 2.26. The van der Waals surface area contributed by atoms with Gasteiger partial charge in [0, 0.05) is 19.2 Å². The van der Waals surface area contributed by atoms with Gasteiger partial charge in [-0.15, -0.1) is 0 Å². The number of nitro groups is 1. The van der Waals surface area contributed by atoms with Gasteiger partial charge in [-0.3, -0.25) is 10.1 Å². The first-order valence-electron chi connectivity index (χ1n) is 5.27. The van der Waals surface area contributed by atoms with Gasteiger partial charge in [0.1, 0.15) is 0 Å². The summed E-state index contributed by atoms with van der Waals surface area (Å²) in [4.78, 5) is 10.4. The molecule has 1 aromatic rings. The summed E-state index contributed by atoms with van der Waals surface area (Å²) in [6.07, 6.45) is 2.08. The number of benzene rings is 1. The van der Waals surface area contributed by atoms with Crippen molar-refractivity contribution in [3.05, 3.63) is 50.0 Å². The lowest BCUT2D eigenvalue weighted by atomic mass is 10.2. The molecule has 0 saturated heterocycles. The van der Waals surface area contributed by atoms with Crippen molar-refractivity contribution in [2.75, 3.05) is 6.54 Å². The van der Waals surface area contributed by atoms with Crippen LogP contribution >= 0.6 is 15.9 Å². The Kier molecular flexibility index (Phi) is 5.31. The Balaban J connectivity index is 2.63. The summed E-state index contributed by atoms with van der Waals surface area (Å²) in [5, 5.41) is 13.9. The van der Waals surface area contributed by atoms with Crippen LogP contribution in [0.25, 0.3) is 0 Å². The van der Waals surface area contributed by atoms with Crippen LogP contribution in [0.2, 0.25) is 0 Å². The normalized spacial score (nSPS) is 10.1. The zero-order valence-electron chi connectivity index (χ0n) is 9.87. The van der Waals surface area contributed by atoms with Gasteiger partial charge in [-0.1, -0.05) is 17.7 Å². The highest BCUT2D eigenvalue weighted by molar-refractivity contribution is 9.10. The molecule has 17 heavy (non-hydrogen) atoms. The van der Waals surface area contributed by atoms with Crippen molar-refractivity contribution in [3.63, 3.8) is 0 Å². The molecular formula is C12H15BrN2O2. The summed E-state index contributed by atoms with van der Waals surface area (Å²) in [7, 11) is 0.